The van der Waals surface area contributed by atoms with Gasteiger partial charge in [0.05, 0.1) is 0 Å². The average Bonchev–Trinajstić information content (AvgIpc) is 3.18. The van der Waals surface area contributed by atoms with Gasteiger partial charge in [0, 0.05) is 45.1 Å². The van der Waals surface area contributed by atoms with Crippen LogP contribution < -0.4 is 5.32 Å². The van der Waals surface area contributed by atoms with Gasteiger partial charge in [-0.2, -0.15) is 0 Å². The first-order valence-corrected chi connectivity index (χ1v) is 11.8. The molecule has 1 aliphatic heterocycles. The molecule has 2 N–H and O–H groups in total. The minimum atomic E-state index is -0.848. The van der Waals surface area contributed by atoms with Crippen LogP contribution in [0, 0.1) is 0 Å². The van der Waals surface area contributed by atoms with Crippen LogP contribution in [0.1, 0.15) is 36.8 Å². The highest BCUT2D eigenvalue weighted by atomic mass is 16.5. The highest BCUT2D eigenvalue weighted by molar-refractivity contribution is 5.79. The molecule has 180 valence electrons. The zero-order chi connectivity index (χ0) is 24.1. The fourth-order valence-electron chi connectivity index (χ4n) is 4.75. The number of amides is 2. The quantitative estimate of drug-likeness (QED) is 0.582. The molecular weight excluding hydrogens is 434 g/mol. The van der Waals surface area contributed by atoms with E-state index in [1.54, 1.807) is 11.8 Å². The monoisotopic (exact) mass is 465 g/mol. The van der Waals surface area contributed by atoms with Gasteiger partial charge in [-0.1, -0.05) is 48.5 Å². The number of alkyl carbamates (subject to hydrolysis) is 1. The van der Waals surface area contributed by atoms with Crippen molar-refractivity contribution >= 4 is 18.0 Å². The van der Waals surface area contributed by atoms with Crippen molar-refractivity contribution in [2.45, 2.75) is 31.7 Å². The summed E-state index contributed by atoms with van der Waals surface area (Å²) < 4.78 is 5.52. The molecule has 1 unspecified atom stereocenters. The number of fused-ring (bicyclic) bond motifs is 3. The van der Waals surface area contributed by atoms with E-state index < -0.39 is 18.1 Å². The normalized spacial score (nSPS) is 16.4. The standard InChI is InChI=1S/C26H31N3O5/c1-18(25(31)32)28-13-15-29(16-14-28)24(30)11-6-12-27-26(33)34-17-23-21-9-4-2-7-19(21)20-8-3-5-10-22(20)23/h2-5,7-10,18,23H,6,11-17H2,1H3,(H,27,33)(H,31,32). The summed E-state index contributed by atoms with van der Waals surface area (Å²) in [6.07, 6.45) is 0.373. The van der Waals surface area contributed by atoms with Crippen LogP contribution in [0.4, 0.5) is 4.79 Å². The highest BCUT2D eigenvalue weighted by Crippen LogP contribution is 2.44. The van der Waals surface area contributed by atoms with Gasteiger partial charge in [0.2, 0.25) is 5.91 Å². The Hall–Kier alpha value is -3.39. The van der Waals surface area contributed by atoms with E-state index in [0.29, 0.717) is 45.6 Å². The Labute approximate surface area is 199 Å². The highest BCUT2D eigenvalue weighted by Gasteiger charge is 2.29. The van der Waals surface area contributed by atoms with Crippen molar-refractivity contribution in [1.82, 2.24) is 15.1 Å². The van der Waals surface area contributed by atoms with Crippen LogP contribution in [0.15, 0.2) is 48.5 Å². The summed E-state index contributed by atoms with van der Waals surface area (Å²) in [5.41, 5.74) is 4.70. The minimum Gasteiger partial charge on any atom is -0.480 e. The Morgan fingerprint density at radius 1 is 1.00 bits per heavy atom. The van der Waals surface area contributed by atoms with Crippen molar-refractivity contribution in [3.05, 3.63) is 59.7 Å². The number of carbonyl (C=O) groups is 3. The van der Waals surface area contributed by atoms with E-state index in [0.717, 1.165) is 0 Å². The lowest BCUT2D eigenvalue weighted by atomic mass is 9.98. The first kappa shape index (κ1) is 23.8. The summed E-state index contributed by atoms with van der Waals surface area (Å²) in [7, 11) is 0. The lowest BCUT2D eigenvalue weighted by Gasteiger charge is -2.36. The Balaban J connectivity index is 1.17. The number of benzene rings is 2. The first-order chi connectivity index (χ1) is 16.5. The Bertz CT molecular complexity index is 1000. The van der Waals surface area contributed by atoms with Crippen LogP contribution in [0.3, 0.4) is 0 Å². The van der Waals surface area contributed by atoms with Gasteiger partial charge in [-0.15, -0.1) is 0 Å². The first-order valence-electron chi connectivity index (χ1n) is 11.8. The van der Waals surface area contributed by atoms with Crippen LogP contribution in [-0.2, 0) is 14.3 Å². The fourth-order valence-corrected chi connectivity index (χ4v) is 4.75. The number of nitrogens with zero attached hydrogens (tertiary/aromatic N) is 2. The maximum absolute atomic E-state index is 12.4. The third-order valence-corrected chi connectivity index (χ3v) is 6.75. The lowest BCUT2D eigenvalue weighted by Crippen LogP contribution is -2.53. The maximum Gasteiger partial charge on any atom is 0.407 e. The van der Waals surface area contributed by atoms with Gasteiger partial charge in [0.15, 0.2) is 0 Å². The molecule has 0 bridgehead atoms. The van der Waals surface area contributed by atoms with E-state index in [-0.39, 0.29) is 18.4 Å². The smallest absolute Gasteiger partial charge is 0.407 e. The largest absolute Gasteiger partial charge is 0.480 e. The topological polar surface area (TPSA) is 99.2 Å². The fraction of sp³-hybridized carbons (Fsp3) is 0.423. The second kappa shape index (κ2) is 10.7. The molecule has 1 fully saturated rings. The SMILES string of the molecule is CC(C(=O)O)N1CCN(C(=O)CCCNC(=O)OCC2c3ccccc3-c3ccccc32)CC1. The molecule has 4 rings (SSSR count). The molecule has 8 heteroatoms. The van der Waals surface area contributed by atoms with Crippen molar-refractivity contribution in [3.8, 4) is 11.1 Å². The number of hydrogen-bond acceptors (Lipinski definition) is 5. The summed E-state index contributed by atoms with van der Waals surface area (Å²) in [6, 6.07) is 15.8. The van der Waals surface area contributed by atoms with Crippen LogP contribution in [0.5, 0.6) is 0 Å². The van der Waals surface area contributed by atoms with Crippen molar-refractivity contribution < 1.29 is 24.2 Å². The van der Waals surface area contributed by atoms with Gasteiger partial charge in [-0.05, 0) is 35.6 Å². The molecular formula is C26H31N3O5. The molecule has 1 atom stereocenters. The van der Waals surface area contributed by atoms with E-state index >= 15 is 0 Å². The second-order valence-corrected chi connectivity index (χ2v) is 8.79. The van der Waals surface area contributed by atoms with Crippen LogP contribution in [0.2, 0.25) is 0 Å². The number of aliphatic carboxylic acids is 1. The molecule has 0 radical (unpaired) electrons. The van der Waals surface area contributed by atoms with E-state index in [9.17, 15) is 14.4 Å². The molecule has 1 saturated heterocycles. The Kier molecular flexibility index (Phi) is 7.47. The van der Waals surface area contributed by atoms with Gasteiger partial charge in [0.25, 0.3) is 0 Å². The molecule has 2 amide bonds. The molecule has 2 aromatic carbocycles. The van der Waals surface area contributed by atoms with E-state index in [1.165, 1.54) is 22.3 Å². The zero-order valence-corrected chi connectivity index (χ0v) is 19.4. The van der Waals surface area contributed by atoms with Crippen molar-refractivity contribution in [2.24, 2.45) is 0 Å². The molecule has 8 nitrogen and oxygen atoms in total. The lowest BCUT2D eigenvalue weighted by molar-refractivity contribution is -0.144. The van der Waals surface area contributed by atoms with Crippen molar-refractivity contribution in [3.63, 3.8) is 0 Å². The Morgan fingerprint density at radius 3 is 2.18 bits per heavy atom. The number of hydrogen-bond donors (Lipinski definition) is 2. The summed E-state index contributed by atoms with van der Waals surface area (Å²) >= 11 is 0. The molecule has 0 aromatic heterocycles. The number of nitrogens with one attached hydrogen (secondary N) is 1. The molecule has 34 heavy (non-hydrogen) atoms. The number of carbonyl (C=O) groups excluding carboxylic acids is 2. The van der Waals surface area contributed by atoms with Gasteiger partial charge < -0.3 is 20.1 Å². The third-order valence-electron chi connectivity index (χ3n) is 6.75. The summed E-state index contributed by atoms with van der Waals surface area (Å²) in [5.74, 6) is -0.807. The van der Waals surface area contributed by atoms with Crippen LogP contribution in [-0.4, -0.2) is 78.2 Å². The predicted octanol–water partition coefficient (Wildman–Crippen LogP) is 2.92. The molecule has 0 spiro atoms. The van der Waals surface area contributed by atoms with Gasteiger partial charge in [-0.25, -0.2) is 4.79 Å². The summed E-state index contributed by atoms with van der Waals surface area (Å²) in [4.78, 5) is 39.4. The van der Waals surface area contributed by atoms with Crippen LogP contribution >= 0.6 is 0 Å². The van der Waals surface area contributed by atoms with Crippen LogP contribution in [0.25, 0.3) is 11.1 Å². The van der Waals surface area contributed by atoms with Crippen molar-refractivity contribution in [1.29, 1.82) is 0 Å². The molecule has 0 saturated carbocycles. The molecule has 2 aliphatic rings. The maximum atomic E-state index is 12.4. The predicted molar refractivity (Wildman–Crippen MR) is 128 cm³/mol. The third kappa shape index (κ3) is 5.22. The van der Waals surface area contributed by atoms with Gasteiger partial charge in [0.1, 0.15) is 12.6 Å². The average molecular weight is 466 g/mol. The summed E-state index contributed by atoms with van der Waals surface area (Å²) in [6.45, 7) is 4.44. The number of ether oxygens (including phenoxy) is 1. The Morgan fingerprint density at radius 2 is 1.59 bits per heavy atom. The van der Waals surface area contributed by atoms with E-state index in [4.69, 9.17) is 9.84 Å². The molecule has 1 heterocycles. The number of rotatable bonds is 8. The minimum absolute atomic E-state index is 0.0160. The molecule has 1 aliphatic carbocycles. The number of carboxylic acid groups (broad SMARTS) is 1. The zero-order valence-electron chi connectivity index (χ0n) is 19.4. The number of carboxylic acids is 1. The van der Waals surface area contributed by atoms with E-state index in [2.05, 4.69) is 29.6 Å². The van der Waals surface area contributed by atoms with E-state index in [1.807, 2.05) is 29.2 Å². The second-order valence-electron chi connectivity index (χ2n) is 8.79. The van der Waals surface area contributed by atoms with Gasteiger partial charge >= 0.3 is 12.1 Å². The van der Waals surface area contributed by atoms with Crippen molar-refractivity contribution in [2.75, 3.05) is 39.3 Å². The summed E-state index contributed by atoms with van der Waals surface area (Å²) in [5, 5.41) is 11.9. The van der Waals surface area contributed by atoms with Gasteiger partial charge in [-0.3, -0.25) is 14.5 Å². The number of piperazine rings is 1. The molecule has 2 aromatic rings.